The Morgan fingerprint density at radius 1 is 0.850 bits per heavy atom. The van der Waals surface area contributed by atoms with Crippen molar-refractivity contribution in [1.29, 1.82) is 0 Å². The molecule has 2 bridgehead atoms. The number of carbonyl (C=O) groups is 1. The number of hydrogen-bond donors (Lipinski definition) is 1. The zero-order valence-corrected chi connectivity index (χ0v) is 11.3. The highest BCUT2D eigenvalue weighted by molar-refractivity contribution is 5.76. The molecule has 0 fully saturated rings. The molecule has 5 rings (SSSR count). The van der Waals surface area contributed by atoms with Gasteiger partial charge in [-0.15, -0.1) is 0 Å². The Morgan fingerprint density at radius 3 is 1.65 bits per heavy atom. The molecule has 2 aromatic rings. The Labute approximate surface area is 118 Å². The summed E-state index contributed by atoms with van der Waals surface area (Å²) in [7, 11) is 0. The lowest BCUT2D eigenvalue weighted by atomic mass is 9.55. The minimum absolute atomic E-state index is 0.0000926. The molecule has 3 aliphatic carbocycles. The molecule has 2 nitrogen and oxygen atoms in total. The first-order valence-electron chi connectivity index (χ1n) is 7.10. The third-order valence-electron chi connectivity index (χ3n) is 5.07. The second-order valence-corrected chi connectivity index (χ2v) is 5.94. The van der Waals surface area contributed by atoms with E-state index in [1.165, 1.54) is 22.3 Å². The van der Waals surface area contributed by atoms with Crippen LogP contribution in [-0.2, 0) is 4.79 Å². The van der Waals surface area contributed by atoms with Gasteiger partial charge in [-0.3, -0.25) is 4.79 Å². The summed E-state index contributed by atoms with van der Waals surface area (Å²) >= 11 is 0. The minimum atomic E-state index is -0.670. The zero-order chi connectivity index (χ0) is 13.9. The van der Waals surface area contributed by atoms with E-state index in [0.29, 0.717) is 0 Å². The lowest BCUT2D eigenvalue weighted by Gasteiger charge is -2.48. The first-order valence-corrected chi connectivity index (χ1v) is 7.10. The SMILES string of the molecule is C[C@H]1C2c3ccccc3C(c3ccccc32)[C@H]1C(=O)O. The Balaban J connectivity index is 2.04. The van der Waals surface area contributed by atoms with Gasteiger partial charge in [0, 0.05) is 11.8 Å². The van der Waals surface area contributed by atoms with Gasteiger partial charge in [0.25, 0.3) is 0 Å². The van der Waals surface area contributed by atoms with Gasteiger partial charge in [-0.2, -0.15) is 0 Å². The molecule has 0 amide bonds. The van der Waals surface area contributed by atoms with Gasteiger partial charge in [-0.1, -0.05) is 55.5 Å². The van der Waals surface area contributed by atoms with Crippen LogP contribution in [0.4, 0.5) is 0 Å². The molecule has 2 atom stereocenters. The Bertz CT molecular complexity index is 657. The van der Waals surface area contributed by atoms with E-state index in [9.17, 15) is 9.90 Å². The highest BCUT2D eigenvalue weighted by Gasteiger charge is 2.50. The molecule has 1 N–H and O–H groups in total. The monoisotopic (exact) mass is 264 g/mol. The number of fused-ring (bicyclic) bond motifs is 1. The van der Waals surface area contributed by atoms with Crippen LogP contribution in [0.5, 0.6) is 0 Å². The van der Waals surface area contributed by atoms with E-state index in [2.05, 4.69) is 43.3 Å². The van der Waals surface area contributed by atoms with Crippen molar-refractivity contribution in [3.63, 3.8) is 0 Å². The highest BCUT2D eigenvalue weighted by Crippen LogP contribution is 2.57. The quantitative estimate of drug-likeness (QED) is 0.854. The van der Waals surface area contributed by atoms with Gasteiger partial charge in [0.05, 0.1) is 5.92 Å². The van der Waals surface area contributed by atoms with E-state index in [1.54, 1.807) is 0 Å². The van der Waals surface area contributed by atoms with E-state index < -0.39 is 5.97 Å². The molecule has 3 aliphatic rings. The second kappa shape index (κ2) is 3.95. The maximum Gasteiger partial charge on any atom is 0.307 e. The summed E-state index contributed by atoms with van der Waals surface area (Å²) in [6, 6.07) is 16.7. The number of carboxylic acids is 1. The molecule has 0 spiro atoms. The topological polar surface area (TPSA) is 37.3 Å². The first-order chi connectivity index (χ1) is 9.70. The molecular formula is C18H16O2. The van der Waals surface area contributed by atoms with E-state index in [4.69, 9.17) is 0 Å². The van der Waals surface area contributed by atoms with Crippen LogP contribution >= 0.6 is 0 Å². The van der Waals surface area contributed by atoms with Crippen molar-refractivity contribution in [2.24, 2.45) is 11.8 Å². The van der Waals surface area contributed by atoms with E-state index in [1.807, 2.05) is 12.1 Å². The molecule has 0 radical (unpaired) electrons. The van der Waals surface area contributed by atoms with Crippen LogP contribution in [0.15, 0.2) is 48.5 Å². The summed E-state index contributed by atoms with van der Waals surface area (Å²) in [4.78, 5) is 11.8. The number of aliphatic carboxylic acids is 1. The van der Waals surface area contributed by atoms with Crippen molar-refractivity contribution in [2.45, 2.75) is 18.8 Å². The van der Waals surface area contributed by atoms with Crippen LogP contribution in [0.25, 0.3) is 0 Å². The summed E-state index contributed by atoms with van der Waals surface area (Å²) in [5.74, 6) is -0.628. The van der Waals surface area contributed by atoms with Gasteiger partial charge < -0.3 is 5.11 Å². The molecule has 0 aromatic heterocycles. The predicted octanol–water partition coefficient (Wildman–Crippen LogP) is 3.61. The Kier molecular flexibility index (Phi) is 2.31. The fourth-order valence-corrected chi connectivity index (χ4v) is 4.32. The molecular weight excluding hydrogens is 248 g/mol. The van der Waals surface area contributed by atoms with Crippen LogP contribution in [0.3, 0.4) is 0 Å². The maximum atomic E-state index is 11.8. The smallest absolute Gasteiger partial charge is 0.307 e. The molecule has 20 heavy (non-hydrogen) atoms. The van der Waals surface area contributed by atoms with Crippen molar-refractivity contribution in [3.05, 3.63) is 70.8 Å². The van der Waals surface area contributed by atoms with Crippen LogP contribution < -0.4 is 0 Å². The van der Waals surface area contributed by atoms with Crippen LogP contribution in [0.2, 0.25) is 0 Å². The summed E-state index contributed by atoms with van der Waals surface area (Å²) in [5, 5.41) is 9.68. The fraction of sp³-hybridized carbons (Fsp3) is 0.278. The summed E-state index contributed by atoms with van der Waals surface area (Å²) < 4.78 is 0. The Hall–Kier alpha value is -2.09. The van der Waals surface area contributed by atoms with Crippen molar-refractivity contribution < 1.29 is 9.90 Å². The van der Waals surface area contributed by atoms with Gasteiger partial charge in [0.15, 0.2) is 0 Å². The number of carboxylic acid groups (broad SMARTS) is 1. The largest absolute Gasteiger partial charge is 0.481 e. The van der Waals surface area contributed by atoms with Crippen molar-refractivity contribution >= 4 is 5.97 Å². The third-order valence-corrected chi connectivity index (χ3v) is 5.07. The molecule has 100 valence electrons. The first kappa shape index (κ1) is 11.7. The van der Waals surface area contributed by atoms with Crippen molar-refractivity contribution in [1.82, 2.24) is 0 Å². The lowest BCUT2D eigenvalue weighted by molar-refractivity contribution is -0.145. The lowest BCUT2D eigenvalue weighted by Crippen LogP contribution is -2.42. The second-order valence-electron chi connectivity index (χ2n) is 5.94. The number of rotatable bonds is 1. The average Bonchev–Trinajstić information content (AvgIpc) is 2.47. The molecule has 2 heteroatoms. The minimum Gasteiger partial charge on any atom is -0.481 e. The molecule has 0 unspecified atom stereocenters. The van der Waals surface area contributed by atoms with E-state index >= 15 is 0 Å². The normalized spacial score (nSPS) is 29.6. The summed E-state index contributed by atoms with van der Waals surface area (Å²) in [5.41, 5.74) is 5.06. The molecule has 0 saturated heterocycles. The fourth-order valence-electron chi connectivity index (χ4n) is 4.32. The molecule has 0 saturated carbocycles. The third kappa shape index (κ3) is 1.31. The van der Waals surface area contributed by atoms with Crippen LogP contribution in [-0.4, -0.2) is 11.1 Å². The maximum absolute atomic E-state index is 11.8. The van der Waals surface area contributed by atoms with E-state index in [0.717, 1.165) is 0 Å². The van der Waals surface area contributed by atoms with Crippen LogP contribution in [0.1, 0.15) is 41.0 Å². The molecule has 0 heterocycles. The van der Waals surface area contributed by atoms with Gasteiger partial charge in [0.2, 0.25) is 0 Å². The van der Waals surface area contributed by atoms with Gasteiger partial charge >= 0.3 is 5.97 Å². The predicted molar refractivity (Wildman–Crippen MR) is 76.9 cm³/mol. The number of hydrogen-bond acceptors (Lipinski definition) is 1. The van der Waals surface area contributed by atoms with Gasteiger partial charge in [-0.05, 0) is 28.2 Å². The summed E-state index contributed by atoms with van der Waals surface area (Å²) in [6.07, 6.45) is 0. The zero-order valence-electron chi connectivity index (χ0n) is 11.3. The van der Waals surface area contributed by atoms with Gasteiger partial charge in [0.1, 0.15) is 0 Å². The standard InChI is InChI=1S/C18H16O2/c1-10-15-11-6-2-4-8-13(11)17(16(10)18(19)20)14-9-5-3-7-12(14)15/h2-10,15-17H,1H3,(H,19,20)/t10-,15?,16-,17?/m0/s1. The van der Waals surface area contributed by atoms with Crippen molar-refractivity contribution in [2.75, 3.05) is 0 Å². The highest BCUT2D eigenvalue weighted by atomic mass is 16.4. The summed E-state index contributed by atoms with van der Waals surface area (Å²) in [6.45, 7) is 2.09. The van der Waals surface area contributed by atoms with E-state index in [-0.39, 0.29) is 23.7 Å². The van der Waals surface area contributed by atoms with Crippen LogP contribution in [0, 0.1) is 11.8 Å². The average molecular weight is 264 g/mol. The van der Waals surface area contributed by atoms with Crippen molar-refractivity contribution in [3.8, 4) is 0 Å². The Morgan fingerprint density at radius 2 is 1.25 bits per heavy atom. The number of benzene rings is 2. The molecule has 0 aliphatic heterocycles. The molecule has 2 aromatic carbocycles. The van der Waals surface area contributed by atoms with Gasteiger partial charge in [-0.25, -0.2) is 0 Å².